The molecule has 0 radical (unpaired) electrons. The van der Waals surface area contributed by atoms with Crippen LogP contribution in [0.5, 0.6) is 5.75 Å². The third-order valence-electron chi connectivity index (χ3n) is 3.07. The molecule has 112 valence electrons. The first-order chi connectivity index (χ1) is 9.93. The molecule has 8 heteroatoms. The molecule has 1 N–H and O–H groups in total. The van der Waals surface area contributed by atoms with Crippen LogP contribution in [0.4, 0.5) is 5.69 Å². The van der Waals surface area contributed by atoms with Crippen LogP contribution in [0, 0.1) is 17.0 Å². The SMILES string of the molecule is Cc1nn(C)c(Cl)c1COc1ccc([N+](=O)[O-])cc1CO. The number of hydrogen-bond donors (Lipinski definition) is 1. The van der Waals surface area contributed by atoms with E-state index < -0.39 is 4.92 Å². The van der Waals surface area contributed by atoms with Gasteiger partial charge in [0.2, 0.25) is 0 Å². The lowest BCUT2D eigenvalue weighted by atomic mass is 10.2. The van der Waals surface area contributed by atoms with Crippen LogP contribution in [0.15, 0.2) is 18.2 Å². The molecule has 0 unspecified atom stereocenters. The van der Waals surface area contributed by atoms with Crippen molar-refractivity contribution in [1.29, 1.82) is 0 Å². The van der Waals surface area contributed by atoms with Gasteiger partial charge in [-0.05, 0) is 13.0 Å². The van der Waals surface area contributed by atoms with Gasteiger partial charge < -0.3 is 9.84 Å². The van der Waals surface area contributed by atoms with Crippen molar-refractivity contribution >= 4 is 17.3 Å². The summed E-state index contributed by atoms with van der Waals surface area (Å²) in [6.07, 6.45) is 0. The van der Waals surface area contributed by atoms with Crippen LogP contribution in [0.3, 0.4) is 0 Å². The Bertz CT molecular complexity index is 684. The number of rotatable bonds is 5. The van der Waals surface area contributed by atoms with Gasteiger partial charge >= 0.3 is 0 Å². The molecule has 0 fully saturated rings. The Balaban J connectivity index is 2.22. The van der Waals surface area contributed by atoms with Gasteiger partial charge in [0, 0.05) is 30.3 Å². The zero-order valence-corrected chi connectivity index (χ0v) is 12.3. The van der Waals surface area contributed by atoms with E-state index in [-0.39, 0.29) is 18.9 Å². The largest absolute Gasteiger partial charge is 0.488 e. The molecule has 1 aromatic carbocycles. The van der Waals surface area contributed by atoms with E-state index in [4.69, 9.17) is 16.3 Å². The fourth-order valence-electron chi connectivity index (χ4n) is 1.93. The highest BCUT2D eigenvalue weighted by molar-refractivity contribution is 6.30. The van der Waals surface area contributed by atoms with E-state index >= 15 is 0 Å². The summed E-state index contributed by atoms with van der Waals surface area (Å²) in [5, 5.41) is 24.6. The molecule has 0 amide bonds. The van der Waals surface area contributed by atoms with E-state index in [1.54, 1.807) is 11.7 Å². The maximum atomic E-state index is 10.7. The van der Waals surface area contributed by atoms with Crippen LogP contribution in [0.2, 0.25) is 5.15 Å². The zero-order chi connectivity index (χ0) is 15.6. The minimum Gasteiger partial charge on any atom is -0.488 e. The monoisotopic (exact) mass is 311 g/mol. The molecule has 0 saturated heterocycles. The topological polar surface area (TPSA) is 90.4 Å². The number of aryl methyl sites for hydroxylation is 2. The van der Waals surface area contributed by atoms with Crippen molar-refractivity contribution in [1.82, 2.24) is 9.78 Å². The van der Waals surface area contributed by atoms with Crippen molar-refractivity contribution in [3.05, 3.63) is 50.3 Å². The molecule has 2 rings (SSSR count). The Kier molecular flexibility index (Phi) is 4.44. The first kappa shape index (κ1) is 15.3. The Hall–Kier alpha value is -2.12. The standard InChI is InChI=1S/C13H14ClN3O4/c1-8-11(13(14)16(2)15-8)7-21-12-4-3-10(17(19)20)5-9(12)6-18/h3-5,18H,6-7H2,1-2H3. The van der Waals surface area contributed by atoms with Gasteiger partial charge in [-0.2, -0.15) is 5.10 Å². The normalized spacial score (nSPS) is 10.7. The average Bonchev–Trinajstić information content (AvgIpc) is 2.70. The van der Waals surface area contributed by atoms with E-state index in [1.807, 2.05) is 6.92 Å². The number of nitro groups is 1. The summed E-state index contributed by atoms with van der Waals surface area (Å²) >= 11 is 6.10. The molecule has 0 atom stereocenters. The first-order valence-corrected chi connectivity index (χ1v) is 6.50. The highest BCUT2D eigenvalue weighted by Crippen LogP contribution is 2.26. The van der Waals surface area contributed by atoms with Gasteiger partial charge in [-0.1, -0.05) is 11.6 Å². The number of hydrogen-bond acceptors (Lipinski definition) is 5. The van der Waals surface area contributed by atoms with Gasteiger partial charge in [0.15, 0.2) is 0 Å². The summed E-state index contributed by atoms with van der Waals surface area (Å²) in [5.74, 6) is 0.377. The molecule has 0 spiro atoms. The fraction of sp³-hybridized carbons (Fsp3) is 0.308. The summed E-state index contributed by atoms with van der Waals surface area (Å²) in [4.78, 5) is 10.2. The summed E-state index contributed by atoms with van der Waals surface area (Å²) in [7, 11) is 1.73. The van der Waals surface area contributed by atoms with Crippen LogP contribution in [-0.4, -0.2) is 19.8 Å². The van der Waals surface area contributed by atoms with Crippen LogP contribution in [-0.2, 0) is 20.3 Å². The van der Waals surface area contributed by atoms with E-state index in [0.717, 1.165) is 11.3 Å². The zero-order valence-electron chi connectivity index (χ0n) is 11.5. The van der Waals surface area contributed by atoms with E-state index in [9.17, 15) is 15.2 Å². The summed E-state index contributed by atoms with van der Waals surface area (Å²) in [5.41, 5.74) is 1.74. The van der Waals surface area contributed by atoms with Gasteiger partial charge in [-0.3, -0.25) is 14.8 Å². The number of aliphatic hydroxyl groups excluding tert-OH is 1. The first-order valence-electron chi connectivity index (χ1n) is 6.13. The Labute approximate surface area is 125 Å². The second-order valence-electron chi connectivity index (χ2n) is 4.47. The number of aliphatic hydroxyl groups is 1. The lowest BCUT2D eigenvalue weighted by molar-refractivity contribution is -0.385. The van der Waals surface area contributed by atoms with Crippen molar-refractivity contribution in [2.75, 3.05) is 0 Å². The third-order valence-corrected chi connectivity index (χ3v) is 3.54. The lowest BCUT2D eigenvalue weighted by Crippen LogP contribution is -2.01. The fourth-order valence-corrected chi connectivity index (χ4v) is 2.16. The minimum absolute atomic E-state index is 0.0954. The van der Waals surface area contributed by atoms with E-state index in [1.165, 1.54) is 18.2 Å². The van der Waals surface area contributed by atoms with Crippen LogP contribution in [0.25, 0.3) is 0 Å². The lowest BCUT2D eigenvalue weighted by Gasteiger charge is -2.10. The van der Waals surface area contributed by atoms with Crippen molar-refractivity contribution in [3.63, 3.8) is 0 Å². The molecular formula is C13H14ClN3O4. The van der Waals surface area contributed by atoms with Crippen molar-refractivity contribution in [3.8, 4) is 5.75 Å². The Morgan fingerprint density at radius 3 is 2.76 bits per heavy atom. The number of halogens is 1. The summed E-state index contributed by atoms with van der Waals surface area (Å²) in [6, 6.07) is 4.07. The molecule has 0 aliphatic rings. The molecule has 0 bridgehead atoms. The number of nitro benzene ring substituents is 1. The number of benzene rings is 1. The van der Waals surface area contributed by atoms with Gasteiger partial charge in [-0.25, -0.2) is 0 Å². The van der Waals surface area contributed by atoms with Gasteiger partial charge in [-0.15, -0.1) is 0 Å². The molecule has 1 heterocycles. The molecule has 0 aliphatic heterocycles. The predicted molar refractivity (Wildman–Crippen MR) is 76.3 cm³/mol. The van der Waals surface area contributed by atoms with Crippen molar-refractivity contribution in [2.24, 2.45) is 7.05 Å². The van der Waals surface area contributed by atoms with Crippen LogP contribution < -0.4 is 4.74 Å². The molecule has 0 aliphatic carbocycles. The molecule has 2 aromatic rings. The molecule has 1 aromatic heterocycles. The highest BCUT2D eigenvalue weighted by Gasteiger charge is 2.15. The van der Waals surface area contributed by atoms with Gasteiger partial charge in [0.05, 0.1) is 17.2 Å². The Morgan fingerprint density at radius 2 is 2.24 bits per heavy atom. The molecule has 0 saturated carbocycles. The summed E-state index contributed by atoms with van der Waals surface area (Å²) in [6.45, 7) is 1.63. The highest BCUT2D eigenvalue weighted by atomic mass is 35.5. The van der Waals surface area contributed by atoms with Crippen LogP contribution >= 0.6 is 11.6 Å². The molecular weight excluding hydrogens is 298 g/mol. The second-order valence-corrected chi connectivity index (χ2v) is 4.83. The van der Waals surface area contributed by atoms with E-state index in [0.29, 0.717) is 16.5 Å². The minimum atomic E-state index is -0.523. The summed E-state index contributed by atoms with van der Waals surface area (Å²) < 4.78 is 7.14. The third kappa shape index (κ3) is 3.14. The molecule has 21 heavy (non-hydrogen) atoms. The van der Waals surface area contributed by atoms with Crippen molar-refractivity contribution in [2.45, 2.75) is 20.1 Å². The van der Waals surface area contributed by atoms with Gasteiger partial charge in [0.25, 0.3) is 5.69 Å². The number of ether oxygens (including phenoxy) is 1. The predicted octanol–water partition coefficient (Wildman–Crippen LogP) is 2.36. The molecule has 7 nitrogen and oxygen atoms in total. The smallest absolute Gasteiger partial charge is 0.270 e. The van der Waals surface area contributed by atoms with Gasteiger partial charge in [0.1, 0.15) is 17.5 Å². The number of non-ortho nitro benzene ring substituents is 1. The quantitative estimate of drug-likeness (QED) is 0.676. The van der Waals surface area contributed by atoms with Crippen LogP contribution in [0.1, 0.15) is 16.8 Å². The second kappa shape index (κ2) is 6.11. The van der Waals surface area contributed by atoms with E-state index in [2.05, 4.69) is 5.10 Å². The maximum Gasteiger partial charge on any atom is 0.270 e. The van der Waals surface area contributed by atoms with Crippen molar-refractivity contribution < 1.29 is 14.8 Å². The Morgan fingerprint density at radius 1 is 1.52 bits per heavy atom. The number of nitrogens with zero attached hydrogens (tertiary/aromatic N) is 3. The number of aromatic nitrogens is 2. The average molecular weight is 312 g/mol. The maximum absolute atomic E-state index is 10.7.